The number of anilines is 1. The van der Waals surface area contributed by atoms with Gasteiger partial charge in [-0.2, -0.15) is 4.31 Å². The molecule has 0 amide bonds. The van der Waals surface area contributed by atoms with E-state index in [4.69, 9.17) is 5.73 Å². The molecule has 0 aliphatic carbocycles. The molecule has 4 nitrogen and oxygen atoms in total. The van der Waals surface area contributed by atoms with Crippen LogP contribution in [0.15, 0.2) is 29.2 Å². The summed E-state index contributed by atoms with van der Waals surface area (Å²) >= 11 is 0. The fourth-order valence-electron chi connectivity index (χ4n) is 2.66. The molecule has 0 bridgehead atoms. The van der Waals surface area contributed by atoms with Gasteiger partial charge in [0.05, 0.1) is 5.69 Å². The first-order valence-electron chi connectivity index (χ1n) is 6.26. The number of benzene rings is 1. The molecule has 5 heteroatoms. The highest BCUT2D eigenvalue weighted by atomic mass is 32.2. The Bertz CT molecular complexity index is 518. The summed E-state index contributed by atoms with van der Waals surface area (Å²) in [5.41, 5.74) is 6.10. The van der Waals surface area contributed by atoms with Gasteiger partial charge < -0.3 is 5.73 Å². The lowest BCUT2D eigenvalue weighted by Gasteiger charge is -2.34. The van der Waals surface area contributed by atoms with Gasteiger partial charge in [0.2, 0.25) is 10.0 Å². The molecule has 2 atom stereocenters. The molecule has 1 aromatic carbocycles. The van der Waals surface area contributed by atoms with Crippen LogP contribution in [0.1, 0.15) is 20.3 Å². The quantitative estimate of drug-likeness (QED) is 0.834. The van der Waals surface area contributed by atoms with Crippen molar-refractivity contribution in [1.29, 1.82) is 0 Å². The zero-order valence-electron chi connectivity index (χ0n) is 10.8. The van der Waals surface area contributed by atoms with E-state index in [1.807, 2.05) is 0 Å². The van der Waals surface area contributed by atoms with Crippen LogP contribution in [-0.2, 0) is 10.0 Å². The third kappa shape index (κ3) is 2.52. The number of nitrogens with two attached hydrogens (primary N) is 1. The van der Waals surface area contributed by atoms with E-state index in [0.29, 0.717) is 30.6 Å². The molecule has 1 saturated heterocycles. The van der Waals surface area contributed by atoms with Gasteiger partial charge in [-0.3, -0.25) is 0 Å². The molecule has 0 spiro atoms. The van der Waals surface area contributed by atoms with Crippen molar-refractivity contribution in [3.8, 4) is 0 Å². The van der Waals surface area contributed by atoms with Crippen molar-refractivity contribution >= 4 is 15.7 Å². The topological polar surface area (TPSA) is 63.4 Å². The van der Waals surface area contributed by atoms with Gasteiger partial charge in [0.25, 0.3) is 0 Å². The highest BCUT2D eigenvalue weighted by Gasteiger charge is 2.32. The van der Waals surface area contributed by atoms with E-state index in [2.05, 4.69) is 13.8 Å². The molecule has 0 aromatic heterocycles. The second kappa shape index (κ2) is 4.90. The van der Waals surface area contributed by atoms with Gasteiger partial charge in [0, 0.05) is 13.1 Å². The van der Waals surface area contributed by atoms with Gasteiger partial charge in [-0.25, -0.2) is 8.42 Å². The van der Waals surface area contributed by atoms with Crippen molar-refractivity contribution < 1.29 is 8.42 Å². The second-order valence-corrected chi connectivity index (χ2v) is 7.21. The first-order valence-corrected chi connectivity index (χ1v) is 7.70. The van der Waals surface area contributed by atoms with Crippen LogP contribution in [0.25, 0.3) is 0 Å². The summed E-state index contributed by atoms with van der Waals surface area (Å²) in [6, 6.07) is 6.66. The van der Waals surface area contributed by atoms with E-state index >= 15 is 0 Å². The minimum atomic E-state index is -3.45. The molecule has 2 rings (SSSR count). The Labute approximate surface area is 109 Å². The predicted octanol–water partition coefficient (Wildman–Crippen LogP) is 1.94. The van der Waals surface area contributed by atoms with Gasteiger partial charge in [0.1, 0.15) is 4.90 Å². The summed E-state index contributed by atoms with van der Waals surface area (Å²) < 4.78 is 26.7. The summed E-state index contributed by atoms with van der Waals surface area (Å²) in [4.78, 5) is 0.228. The Balaban J connectivity index is 2.34. The maximum atomic E-state index is 12.5. The zero-order chi connectivity index (χ0) is 13.3. The molecule has 0 unspecified atom stereocenters. The highest BCUT2D eigenvalue weighted by Crippen LogP contribution is 2.28. The average molecular weight is 268 g/mol. The van der Waals surface area contributed by atoms with Crippen LogP contribution in [0, 0.1) is 11.8 Å². The van der Waals surface area contributed by atoms with Gasteiger partial charge in [-0.15, -0.1) is 0 Å². The highest BCUT2D eigenvalue weighted by molar-refractivity contribution is 7.89. The lowest BCUT2D eigenvalue weighted by atomic mass is 9.94. The number of nitrogen functional groups attached to an aromatic ring is 1. The lowest BCUT2D eigenvalue weighted by Crippen LogP contribution is -2.42. The Hall–Kier alpha value is -1.07. The first-order chi connectivity index (χ1) is 8.41. The molecular weight excluding hydrogens is 248 g/mol. The summed E-state index contributed by atoms with van der Waals surface area (Å²) in [5, 5.41) is 0. The molecule has 18 heavy (non-hydrogen) atoms. The summed E-state index contributed by atoms with van der Waals surface area (Å²) in [7, 11) is -3.45. The fraction of sp³-hybridized carbons (Fsp3) is 0.538. The Kier molecular flexibility index (Phi) is 3.64. The molecule has 1 fully saturated rings. The van der Waals surface area contributed by atoms with Crippen LogP contribution in [0.5, 0.6) is 0 Å². The van der Waals surface area contributed by atoms with Crippen LogP contribution < -0.4 is 5.73 Å². The van der Waals surface area contributed by atoms with Crippen LogP contribution in [0.2, 0.25) is 0 Å². The van der Waals surface area contributed by atoms with Crippen molar-refractivity contribution in [1.82, 2.24) is 4.31 Å². The van der Waals surface area contributed by atoms with Crippen LogP contribution >= 0.6 is 0 Å². The number of sulfonamides is 1. The van der Waals surface area contributed by atoms with E-state index in [1.54, 1.807) is 28.6 Å². The monoisotopic (exact) mass is 268 g/mol. The minimum Gasteiger partial charge on any atom is -0.398 e. The van der Waals surface area contributed by atoms with Gasteiger partial charge in [0.15, 0.2) is 0 Å². The van der Waals surface area contributed by atoms with Crippen LogP contribution in [0.4, 0.5) is 5.69 Å². The van der Waals surface area contributed by atoms with Crippen molar-refractivity contribution in [2.75, 3.05) is 18.8 Å². The fourth-order valence-corrected chi connectivity index (χ4v) is 4.45. The second-order valence-electron chi connectivity index (χ2n) is 5.31. The number of nitrogens with zero attached hydrogens (tertiary/aromatic N) is 1. The molecular formula is C13H20N2O2S. The summed E-state index contributed by atoms with van der Waals surface area (Å²) in [5.74, 6) is 0.793. The number of para-hydroxylation sites is 1. The summed E-state index contributed by atoms with van der Waals surface area (Å²) in [6.45, 7) is 5.35. The Morgan fingerprint density at radius 1 is 1.17 bits per heavy atom. The van der Waals surface area contributed by atoms with Crippen LogP contribution in [0.3, 0.4) is 0 Å². The smallest absolute Gasteiger partial charge is 0.245 e. The Morgan fingerprint density at radius 2 is 1.72 bits per heavy atom. The zero-order valence-corrected chi connectivity index (χ0v) is 11.7. The number of hydrogen-bond acceptors (Lipinski definition) is 3. The van der Waals surface area contributed by atoms with Gasteiger partial charge in [-0.05, 0) is 30.4 Å². The molecule has 1 aliphatic heterocycles. The average Bonchev–Trinajstić information content (AvgIpc) is 2.28. The maximum absolute atomic E-state index is 12.5. The molecule has 0 radical (unpaired) electrons. The standard InChI is InChI=1S/C13H20N2O2S/c1-10-7-11(2)9-15(8-10)18(16,17)13-6-4-3-5-12(13)14/h3-6,10-11H,7-9,14H2,1-2H3/t10-,11+. The third-order valence-corrected chi connectivity index (χ3v) is 5.28. The van der Waals surface area contributed by atoms with Gasteiger partial charge >= 0.3 is 0 Å². The van der Waals surface area contributed by atoms with Gasteiger partial charge in [-0.1, -0.05) is 26.0 Å². The number of piperidine rings is 1. The number of hydrogen-bond donors (Lipinski definition) is 1. The lowest BCUT2D eigenvalue weighted by molar-refractivity contribution is 0.222. The largest absolute Gasteiger partial charge is 0.398 e. The molecule has 0 saturated carbocycles. The normalized spacial score (nSPS) is 26.1. The molecule has 1 heterocycles. The van der Waals surface area contributed by atoms with E-state index in [0.717, 1.165) is 6.42 Å². The maximum Gasteiger partial charge on any atom is 0.245 e. The SMILES string of the molecule is C[C@@H]1C[C@H](C)CN(S(=O)(=O)c2ccccc2N)C1. The van der Waals surface area contributed by atoms with E-state index in [1.165, 1.54) is 0 Å². The molecule has 100 valence electrons. The van der Waals surface area contributed by atoms with E-state index < -0.39 is 10.0 Å². The van der Waals surface area contributed by atoms with Crippen molar-refractivity contribution in [2.24, 2.45) is 11.8 Å². The van der Waals surface area contributed by atoms with Crippen molar-refractivity contribution in [3.05, 3.63) is 24.3 Å². The van der Waals surface area contributed by atoms with Crippen molar-refractivity contribution in [2.45, 2.75) is 25.2 Å². The molecule has 2 N–H and O–H groups in total. The molecule has 1 aromatic rings. The first kappa shape index (κ1) is 13.4. The van der Waals surface area contributed by atoms with Crippen LogP contribution in [-0.4, -0.2) is 25.8 Å². The minimum absolute atomic E-state index is 0.228. The number of rotatable bonds is 2. The molecule has 1 aliphatic rings. The van der Waals surface area contributed by atoms with E-state index in [9.17, 15) is 8.42 Å². The third-order valence-electron chi connectivity index (χ3n) is 3.37. The predicted molar refractivity (Wildman–Crippen MR) is 72.6 cm³/mol. The summed E-state index contributed by atoms with van der Waals surface area (Å²) in [6.07, 6.45) is 1.08. The van der Waals surface area contributed by atoms with Crippen molar-refractivity contribution in [3.63, 3.8) is 0 Å². The Morgan fingerprint density at radius 3 is 2.28 bits per heavy atom. The van der Waals surface area contributed by atoms with E-state index in [-0.39, 0.29) is 4.90 Å².